The number of aromatic hydroxyl groups is 1. The molecule has 1 aromatic heterocycles. The van der Waals surface area contributed by atoms with Crippen LogP contribution in [0.4, 0.5) is 0 Å². The van der Waals surface area contributed by atoms with E-state index in [2.05, 4.69) is 23.1 Å². The lowest BCUT2D eigenvalue weighted by Gasteiger charge is -2.21. The highest BCUT2D eigenvalue weighted by atomic mass is 32.1. The van der Waals surface area contributed by atoms with E-state index in [1.165, 1.54) is 5.56 Å². The van der Waals surface area contributed by atoms with Crippen molar-refractivity contribution in [3.63, 3.8) is 0 Å². The second-order valence-corrected chi connectivity index (χ2v) is 7.51. The maximum atomic E-state index is 10.5. The standard InChI is InChI=1S/C22H23NO3S/c1-2-25-20-7-4-3-6-16(20)14-23-9-10-26-22-18(15-23)12-17(13-19(22)24)21-8-5-11-27-21/h3-8,11-13,24H,2,9-10,14-15H2,1H3. The number of benzene rings is 2. The van der Waals surface area contributed by atoms with Gasteiger partial charge in [-0.3, -0.25) is 4.90 Å². The van der Waals surface area contributed by atoms with Crippen molar-refractivity contribution in [1.29, 1.82) is 0 Å². The molecule has 0 unspecified atom stereocenters. The van der Waals surface area contributed by atoms with Crippen LogP contribution in [0, 0.1) is 0 Å². The summed E-state index contributed by atoms with van der Waals surface area (Å²) >= 11 is 1.67. The minimum Gasteiger partial charge on any atom is -0.504 e. The zero-order valence-electron chi connectivity index (χ0n) is 15.4. The van der Waals surface area contributed by atoms with E-state index in [1.54, 1.807) is 17.4 Å². The predicted molar refractivity (Wildman–Crippen MR) is 109 cm³/mol. The first-order valence-electron chi connectivity index (χ1n) is 9.20. The number of rotatable bonds is 5. The number of phenols is 1. The van der Waals surface area contributed by atoms with Crippen molar-refractivity contribution in [2.45, 2.75) is 20.0 Å². The third-order valence-corrected chi connectivity index (χ3v) is 5.59. The fourth-order valence-electron chi connectivity index (χ4n) is 3.44. The van der Waals surface area contributed by atoms with Gasteiger partial charge in [-0.25, -0.2) is 0 Å². The van der Waals surface area contributed by atoms with Gasteiger partial charge < -0.3 is 14.6 Å². The van der Waals surface area contributed by atoms with Crippen LogP contribution >= 0.6 is 11.3 Å². The number of fused-ring (bicyclic) bond motifs is 1. The van der Waals surface area contributed by atoms with Crippen LogP contribution in [0.25, 0.3) is 10.4 Å². The Morgan fingerprint density at radius 3 is 2.89 bits per heavy atom. The molecule has 4 nitrogen and oxygen atoms in total. The molecule has 0 fully saturated rings. The van der Waals surface area contributed by atoms with Crippen LogP contribution < -0.4 is 9.47 Å². The molecule has 27 heavy (non-hydrogen) atoms. The van der Waals surface area contributed by atoms with Crippen LogP contribution in [-0.4, -0.2) is 29.8 Å². The smallest absolute Gasteiger partial charge is 0.165 e. The van der Waals surface area contributed by atoms with Gasteiger partial charge in [0.15, 0.2) is 11.5 Å². The molecule has 0 amide bonds. The van der Waals surface area contributed by atoms with Gasteiger partial charge in [0.1, 0.15) is 12.4 Å². The molecule has 2 heterocycles. The molecule has 0 saturated carbocycles. The number of ether oxygens (including phenoxy) is 2. The monoisotopic (exact) mass is 381 g/mol. The number of para-hydroxylation sites is 1. The Morgan fingerprint density at radius 1 is 1.19 bits per heavy atom. The lowest BCUT2D eigenvalue weighted by Crippen LogP contribution is -2.25. The quantitative estimate of drug-likeness (QED) is 0.682. The van der Waals surface area contributed by atoms with Crippen LogP contribution in [0.15, 0.2) is 53.9 Å². The lowest BCUT2D eigenvalue weighted by molar-refractivity contribution is 0.214. The minimum absolute atomic E-state index is 0.215. The predicted octanol–water partition coefficient (Wildman–Crippen LogP) is 4.91. The number of hydrogen-bond acceptors (Lipinski definition) is 5. The lowest BCUT2D eigenvalue weighted by atomic mass is 10.1. The Bertz CT molecular complexity index is 908. The van der Waals surface area contributed by atoms with Crippen molar-refractivity contribution in [1.82, 2.24) is 4.90 Å². The van der Waals surface area contributed by atoms with Crippen molar-refractivity contribution in [3.05, 3.63) is 65.0 Å². The largest absolute Gasteiger partial charge is 0.504 e. The topological polar surface area (TPSA) is 41.9 Å². The highest BCUT2D eigenvalue weighted by Gasteiger charge is 2.21. The van der Waals surface area contributed by atoms with Gasteiger partial charge in [0.2, 0.25) is 0 Å². The summed E-state index contributed by atoms with van der Waals surface area (Å²) in [4.78, 5) is 3.48. The molecule has 3 aromatic rings. The van der Waals surface area contributed by atoms with Crippen LogP contribution in [0.3, 0.4) is 0 Å². The van der Waals surface area contributed by atoms with E-state index in [1.807, 2.05) is 36.6 Å². The number of phenolic OH excluding ortho intramolecular Hbond substituents is 1. The fraction of sp³-hybridized carbons (Fsp3) is 0.273. The second kappa shape index (κ2) is 8.03. The van der Waals surface area contributed by atoms with Crippen molar-refractivity contribution in [2.24, 2.45) is 0 Å². The molecule has 5 heteroatoms. The first-order valence-corrected chi connectivity index (χ1v) is 10.1. The van der Waals surface area contributed by atoms with Gasteiger partial charge in [0.05, 0.1) is 6.61 Å². The zero-order valence-corrected chi connectivity index (χ0v) is 16.2. The average Bonchev–Trinajstić information content (AvgIpc) is 3.12. The molecule has 0 saturated heterocycles. The van der Waals surface area contributed by atoms with Gasteiger partial charge in [-0.1, -0.05) is 24.3 Å². The molecule has 0 bridgehead atoms. The van der Waals surface area contributed by atoms with E-state index in [0.29, 0.717) is 19.0 Å². The normalized spacial score (nSPS) is 14.3. The Labute approximate surface area is 163 Å². The summed E-state index contributed by atoms with van der Waals surface area (Å²) in [5, 5.41) is 12.5. The Balaban J connectivity index is 1.61. The molecule has 1 aliphatic heterocycles. The molecular weight excluding hydrogens is 358 g/mol. The van der Waals surface area contributed by atoms with E-state index in [-0.39, 0.29) is 5.75 Å². The summed E-state index contributed by atoms with van der Waals surface area (Å²) in [6, 6.07) is 16.2. The van der Waals surface area contributed by atoms with Gasteiger partial charge in [-0.15, -0.1) is 11.3 Å². The van der Waals surface area contributed by atoms with Crippen LogP contribution in [0.1, 0.15) is 18.1 Å². The van der Waals surface area contributed by atoms with Crippen LogP contribution in [0.5, 0.6) is 17.2 Å². The molecule has 1 aliphatic rings. The van der Waals surface area contributed by atoms with Gasteiger partial charge in [0, 0.05) is 35.6 Å². The summed E-state index contributed by atoms with van der Waals surface area (Å²) in [5.74, 6) is 1.75. The highest BCUT2D eigenvalue weighted by Crippen LogP contribution is 2.39. The molecule has 1 N–H and O–H groups in total. The Morgan fingerprint density at radius 2 is 2.07 bits per heavy atom. The Hall–Kier alpha value is -2.50. The molecule has 4 rings (SSSR count). The first kappa shape index (κ1) is 17.9. The third-order valence-electron chi connectivity index (χ3n) is 4.67. The van der Waals surface area contributed by atoms with Crippen molar-refractivity contribution < 1.29 is 14.6 Å². The first-order chi connectivity index (χ1) is 13.2. The van der Waals surface area contributed by atoms with E-state index in [0.717, 1.165) is 41.4 Å². The zero-order chi connectivity index (χ0) is 18.6. The van der Waals surface area contributed by atoms with Crippen molar-refractivity contribution in [2.75, 3.05) is 19.8 Å². The van der Waals surface area contributed by atoms with E-state index >= 15 is 0 Å². The molecule has 140 valence electrons. The second-order valence-electron chi connectivity index (χ2n) is 6.56. The summed E-state index contributed by atoms with van der Waals surface area (Å²) < 4.78 is 11.6. The van der Waals surface area contributed by atoms with Crippen LogP contribution in [0.2, 0.25) is 0 Å². The van der Waals surface area contributed by atoms with Crippen molar-refractivity contribution in [3.8, 4) is 27.7 Å². The molecule has 0 atom stereocenters. The van der Waals surface area contributed by atoms with E-state index in [9.17, 15) is 5.11 Å². The molecule has 0 aliphatic carbocycles. The Kier molecular flexibility index (Phi) is 5.32. The number of thiophene rings is 1. The van der Waals surface area contributed by atoms with E-state index < -0.39 is 0 Å². The summed E-state index contributed by atoms with van der Waals surface area (Å²) in [6.07, 6.45) is 0. The molecule has 0 spiro atoms. The fourth-order valence-corrected chi connectivity index (χ4v) is 4.16. The summed E-state index contributed by atoms with van der Waals surface area (Å²) in [6.45, 7) is 5.51. The highest BCUT2D eigenvalue weighted by molar-refractivity contribution is 7.13. The van der Waals surface area contributed by atoms with Gasteiger partial charge in [-0.05, 0) is 42.1 Å². The van der Waals surface area contributed by atoms with Gasteiger partial charge in [0.25, 0.3) is 0 Å². The van der Waals surface area contributed by atoms with Gasteiger partial charge >= 0.3 is 0 Å². The molecule has 2 aromatic carbocycles. The van der Waals surface area contributed by atoms with Crippen molar-refractivity contribution >= 4 is 11.3 Å². The maximum Gasteiger partial charge on any atom is 0.165 e. The summed E-state index contributed by atoms with van der Waals surface area (Å²) in [7, 11) is 0. The number of nitrogens with zero attached hydrogens (tertiary/aromatic N) is 1. The summed E-state index contributed by atoms with van der Waals surface area (Å²) in [5.41, 5.74) is 3.22. The minimum atomic E-state index is 0.215. The molecular formula is C22H23NO3S. The van der Waals surface area contributed by atoms with Crippen LogP contribution in [-0.2, 0) is 13.1 Å². The van der Waals surface area contributed by atoms with E-state index in [4.69, 9.17) is 9.47 Å². The average molecular weight is 381 g/mol. The maximum absolute atomic E-state index is 10.5. The molecule has 0 radical (unpaired) electrons. The third kappa shape index (κ3) is 3.94. The van der Waals surface area contributed by atoms with Gasteiger partial charge in [-0.2, -0.15) is 0 Å². The SMILES string of the molecule is CCOc1ccccc1CN1CCOc2c(O)cc(-c3cccs3)cc2C1. The number of hydrogen-bond donors (Lipinski definition) is 1.